The largest absolute Gasteiger partial charge is 1.00 e. The highest BCUT2D eigenvalue weighted by Gasteiger charge is 2.37. The van der Waals surface area contributed by atoms with E-state index < -0.39 is 6.10 Å². The number of nitrogens with one attached hydrogen (secondary N) is 1. The number of ether oxygens (including phenoxy) is 4. The molecule has 0 spiro atoms. The zero-order valence-electron chi connectivity index (χ0n) is 17.0. The molecule has 2 aromatic carbocycles. The molecule has 4 rings (SSSR count). The van der Waals surface area contributed by atoms with Crippen LogP contribution in [0.5, 0.6) is 23.0 Å². The minimum absolute atomic E-state index is 0. The zero-order valence-corrected chi connectivity index (χ0v) is 17.8. The minimum Gasteiger partial charge on any atom is -1.00 e. The average molecular weight is 422 g/mol. The lowest BCUT2D eigenvalue weighted by molar-refractivity contribution is -0.915. The summed E-state index contributed by atoms with van der Waals surface area (Å²) in [6.45, 7) is 1.23. The van der Waals surface area contributed by atoms with Crippen LogP contribution in [0.4, 0.5) is 0 Å². The molecule has 0 fully saturated rings. The van der Waals surface area contributed by atoms with E-state index in [1.54, 1.807) is 14.2 Å². The predicted octanol–water partition coefficient (Wildman–Crippen LogP) is -1.46. The van der Waals surface area contributed by atoms with E-state index in [1.807, 2.05) is 24.3 Å². The number of likely N-dealkylation sites (N-methyl/N-ethyl adjacent to an activating group) is 1. The minimum atomic E-state index is -0.450. The maximum absolute atomic E-state index is 10.8. The molecule has 0 aliphatic carbocycles. The number of hydrogen-bond acceptors (Lipinski definition) is 5. The van der Waals surface area contributed by atoms with Crippen molar-refractivity contribution in [2.75, 3.05) is 34.6 Å². The molecule has 2 heterocycles. The van der Waals surface area contributed by atoms with E-state index >= 15 is 0 Å². The van der Waals surface area contributed by atoms with Crippen molar-refractivity contribution in [3.8, 4) is 23.0 Å². The van der Waals surface area contributed by atoms with Crippen molar-refractivity contribution < 1.29 is 41.4 Å². The van der Waals surface area contributed by atoms with Crippen LogP contribution in [0, 0.1) is 0 Å². The third kappa shape index (κ3) is 4.25. The highest BCUT2D eigenvalue weighted by molar-refractivity contribution is 5.61. The molecule has 3 unspecified atom stereocenters. The lowest BCUT2D eigenvalue weighted by atomic mass is 9.87. The van der Waals surface area contributed by atoms with Gasteiger partial charge in [0.15, 0.2) is 11.5 Å². The Bertz CT molecular complexity index is 842. The van der Waals surface area contributed by atoms with Gasteiger partial charge in [0.05, 0.1) is 39.5 Å². The van der Waals surface area contributed by atoms with Gasteiger partial charge in [-0.05, 0) is 35.7 Å². The molecule has 3 atom stereocenters. The van der Waals surface area contributed by atoms with Crippen LogP contribution in [-0.2, 0) is 12.8 Å². The summed E-state index contributed by atoms with van der Waals surface area (Å²) in [5.41, 5.74) is 3.47. The van der Waals surface area contributed by atoms with E-state index in [4.69, 9.17) is 18.9 Å². The Morgan fingerprint density at radius 2 is 1.93 bits per heavy atom. The summed E-state index contributed by atoms with van der Waals surface area (Å²) in [5.74, 6) is 3.02. The molecule has 0 saturated heterocycles. The summed E-state index contributed by atoms with van der Waals surface area (Å²) in [4.78, 5) is 1.37. The molecular weight excluding hydrogens is 394 g/mol. The molecule has 6 nitrogen and oxygen atoms in total. The van der Waals surface area contributed by atoms with Gasteiger partial charge in [0.25, 0.3) is 0 Å². The average Bonchev–Trinajstić information content (AvgIpc) is 3.17. The van der Waals surface area contributed by atoms with Crippen molar-refractivity contribution in [2.24, 2.45) is 0 Å². The molecule has 2 aromatic rings. The second-order valence-corrected chi connectivity index (χ2v) is 7.56. The number of hydrogen-bond donors (Lipinski definition) is 2. The van der Waals surface area contributed by atoms with Gasteiger partial charge < -0.3 is 41.4 Å². The van der Waals surface area contributed by atoms with Crippen LogP contribution in [-0.4, -0.2) is 45.8 Å². The fourth-order valence-electron chi connectivity index (χ4n) is 4.33. The van der Waals surface area contributed by atoms with Gasteiger partial charge in [-0.2, -0.15) is 0 Å². The standard InChI is InChI=1S/C22H27NO5.ClH/c1-23-9-8-15-11-19-21(28-13-27-19)22(26-3)20(15)18(23)12-16(24)10-14-4-6-17(25-2)7-5-14;/h4-7,11,16,18,24H,8-10,12-13H2,1-3H3;1H. The first-order valence-electron chi connectivity index (χ1n) is 9.73. The van der Waals surface area contributed by atoms with Gasteiger partial charge in [-0.15, -0.1) is 0 Å². The summed E-state index contributed by atoms with van der Waals surface area (Å²) in [5, 5.41) is 10.8. The number of rotatable bonds is 6. The van der Waals surface area contributed by atoms with Crippen molar-refractivity contribution >= 4 is 0 Å². The Hall–Kier alpha value is -2.15. The van der Waals surface area contributed by atoms with Crippen LogP contribution in [0.15, 0.2) is 30.3 Å². The molecule has 29 heavy (non-hydrogen) atoms. The van der Waals surface area contributed by atoms with Crippen molar-refractivity contribution in [1.29, 1.82) is 0 Å². The number of halogens is 1. The smallest absolute Gasteiger partial charge is 0.231 e. The molecule has 0 bridgehead atoms. The molecule has 158 valence electrons. The zero-order chi connectivity index (χ0) is 19.7. The Kier molecular flexibility index (Phi) is 6.77. The van der Waals surface area contributed by atoms with E-state index in [0.717, 1.165) is 41.3 Å². The van der Waals surface area contributed by atoms with Gasteiger partial charge in [0.1, 0.15) is 11.8 Å². The third-order valence-electron chi connectivity index (χ3n) is 5.82. The molecule has 2 aliphatic rings. The number of quaternary nitrogens is 1. The topological polar surface area (TPSA) is 61.6 Å². The van der Waals surface area contributed by atoms with Crippen molar-refractivity contribution in [1.82, 2.24) is 0 Å². The molecule has 0 saturated carbocycles. The second kappa shape index (κ2) is 9.11. The Balaban J connectivity index is 0.00000240. The predicted molar refractivity (Wildman–Crippen MR) is 105 cm³/mol. The maximum atomic E-state index is 10.8. The summed E-state index contributed by atoms with van der Waals surface area (Å²) >= 11 is 0. The number of aliphatic hydroxyl groups excluding tert-OH is 1. The van der Waals surface area contributed by atoms with Crippen LogP contribution < -0.4 is 36.3 Å². The number of aliphatic hydroxyl groups is 1. The highest BCUT2D eigenvalue weighted by atomic mass is 35.5. The van der Waals surface area contributed by atoms with Gasteiger partial charge in [-0.3, -0.25) is 0 Å². The monoisotopic (exact) mass is 421 g/mol. The molecule has 2 aliphatic heterocycles. The van der Waals surface area contributed by atoms with Crippen molar-refractivity contribution in [2.45, 2.75) is 31.4 Å². The van der Waals surface area contributed by atoms with E-state index in [-0.39, 0.29) is 25.2 Å². The summed E-state index contributed by atoms with van der Waals surface area (Å²) in [7, 11) is 5.51. The molecule has 7 heteroatoms. The molecular formula is C22H28ClNO5. The Morgan fingerprint density at radius 3 is 2.62 bits per heavy atom. The number of methoxy groups -OCH3 is 2. The highest BCUT2D eigenvalue weighted by Crippen LogP contribution is 2.48. The molecule has 2 N–H and O–H groups in total. The van der Waals surface area contributed by atoms with Gasteiger partial charge in [0, 0.05) is 12.8 Å². The van der Waals surface area contributed by atoms with Gasteiger partial charge in [-0.25, -0.2) is 0 Å². The quantitative estimate of drug-likeness (QED) is 0.597. The molecule has 0 aromatic heterocycles. The lowest BCUT2D eigenvalue weighted by Crippen LogP contribution is -3.10. The fourth-order valence-corrected chi connectivity index (χ4v) is 4.33. The van der Waals surface area contributed by atoms with Crippen LogP contribution >= 0.6 is 0 Å². The number of fused-ring (bicyclic) bond motifs is 2. The van der Waals surface area contributed by atoms with Crippen LogP contribution in [0.3, 0.4) is 0 Å². The van der Waals surface area contributed by atoms with Gasteiger partial charge in [0.2, 0.25) is 12.5 Å². The second-order valence-electron chi connectivity index (χ2n) is 7.56. The Morgan fingerprint density at radius 1 is 1.17 bits per heavy atom. The van der Waals surface area contributed by atoms with Crippen molar-refractivity contribution in [3.63, 3.8) is 0 Å². The maximum Gasteiger partial charge on any atom is 0.231 e. The normalized spacial score (nSPS) is 20.4. The summed E-state index contributed by atoms with van der Waals surface area (Å²) < 4.78 is 22.2. The van der Waals surface area contributed by atoms with E-state index in [0.29, 0.717) is 18.6 Å². The first-order chi connectivity index (χ1) is 13.6. The summed E-state index contributed by atoms with van der Waals surface area (Å²) in [6, 6.07) is 10.1. The van der Waals surface area contributed by atoms with Crippen LogP contribution in [0.2, 0.25) is 0 Å². The van der Waals surface area contributed by atoms with E-state index in [2.05, 4.69) is 13.1 Å². The first-order valence-corrected chi connectivity index (χ1v) is 9.73. The SMILES string of the molecule is COc1ccc(CC(O)CC2c3c(cc4c(c3OC)OCO4)CC[NH+]2C)cc1.[Cl-]. The third-order valence-corrected chi connectivity index (χ3v) is 5.82. The Labute approximate surface area is 177 Å². The van der Waals surface area contributed by atoms with Gasteiger partial charge >= 0.3 is 0 Å². The summed E-state index contributed by atoms with van der Waals surface area (Å²) in [6.07, 6.45) is 1.77. The van der Waals surface area contributed by atoms with Crippen LogP contribution in [0.25, 0.3) is 0 Å². The van der Waals surface area contributed by atoms with Gasteiger partial charge in [-0.1, -0.05) is 12.1 Å². The first kappa shape index (κ1) is 21.6. The van der Waals surface area contributed by atoms with E-state index in [1.165, 1.54) is 10.5 Å². The fraction of sp³-hybridized carbons (Fsp3) is 0.455. The lowest BCUT2D eigenvalue weighted by Gasteiger charge is -2.34. The molecule has 0 radical (unpaired) electrons. The number of benzene rings is 2. The van der Waals surface area contributed by atoms with Crippen molar-refractivity contribution in [3.05, 3.63) is 47.0 Å². The van der Waals surface area contributed by atoms with Crippen LogP contribution in [0.1, 0.15) is 29.2 Å². The van der Waals surface area contributed by atoms with E-state index in [9.17, 15) is 5.11 Å². The molecule has 0 amide bonds.